The highest BCUT2D eigenvalue weighted by Gasteiger charge is 2.18. The molecule has 0 saturated carbocycles. The van der Waals surface area contributed by atoms with Gasteiger partial charge in [-0.25, -0.2) is 4.98 Å². The molecule has 7 nitrogen and oxygen atoms in total. The van der Waals surface area contributed by atoms with Gasteiger partial charge in [0, 0.05) is 34.9 Å². The maximum atomic E-state index is 12.1. The summed E-state index contributed by atoms with van der Waals surface area (Å²) in [5, 5.41) is 4.47. The zero-order chi connectivity index (χ0) is 21.0. The molecule has 0 aliphatic heterocycles. The molecule has 29 heavy (non-hydrogen) atoms. The van der Waals surface area contributed by atoms with Gasteiger partial charge >= 0.3 is 10.8 Å². The van der Waals surface area contributed by atoms with E-state index in [4.69, 9.17) is 16.3 Å². The van der Waals surface area contributed by atoms with Crippen molar-refractivity contribution in [3.8, 4) is 0 Å². The summed E-state index contributed by atoms with van der Waals surface area (Å²) in [6, 6.07) is 6.92. The maximum Gasteiger partial charge on any atom is 0.307 e. The molecule has 0 aliphatic carbocycles. The molecule has 3 aromatic rings. The second kappa shape index (κ2) is 9.34. The monoisotopic (exact) mass is 451 g/mol. The number of amides is 1. The summed E-state index contributed by atoms with van der Waals surface area (Å²) in [5.74, 6) is -0.628. The third-order valence-electron chi connectivity index (χ3n) is 4.01. The first kappa shape index (κ1) is 21.2. The topological polar surface area (TPSA) is 81.5 Å². The van der Waals surface area contributed by atoms with Crippen LogP contribution in [0.1, 0.15) is 24.7 Å². The molecule has 0 N–H and O–H groups in total. The Labute approximate surface area is 180 Å². The first-order chi connectivity index (χ1) is 13.8. The average molecular weight is 452 g/mol. The molecule has 2 aromatic heterocycles. The van der Waals surface area contributed by atoms with Crippen molar-refractivity contribution in [3.05, 3.63) is 61.1 Å². The van der Waals surface area contributed by atoms with Gasteiger partial charge in [-0.1, -0.05) is 29.0 Å². The average Bonchev–Trinajstić information content (AvgIpc) is 3.25. The number of benzene rings is 1. The van der Waals surface area contributed by atoms with Crippen LogP contribution in [-0.2, 0) is 27.5 Å². The lowest BCUT2D eigenvalue weighted by Gasteiger charge is -2.18. The maximum absolute atomic E-state index is 12.1. The number of halogens is 1. The van der Waals surface area contributed by atoms with Crippen LogP contribution in [-0.4, -0.2) is 21.4 Å². The van der Waals surface area contributed by atoms with E-state index in [0.29, 0.717) is 21.5 Å². The highest BCUT2D eigenvalue weighted by molar-refractivity contribution is 7.14. The van der Waals surface area contributed by atoms with E-state index in [2.05, 4.69) is 4.98 Å². The van der Waals surface area contributed by atoms with Gasteiger partial charge in [-0.15, -0.1) is 11.3 Å². The third kappa shape index (κ3) is 5.31. The number of ether oxygens (including phenoxy) is 1. The van der Waals surface area contributed by atoms with Crippen LogP contribution in [0.15, 0.2) is 39.8 Å². The van der Waals surface area contributed by atoms with Crippen molar-refractivity contribution >= 4 is 57.0 Å². The van der Waals surface area contributed by atoms with Crippen LogP contribution < -0.4 is 9.77 Å². The Morgan fingerprint density at radius 3 is 2.72 bits per heavy atom. The Morgan fingerprint density at radius 1 is 1.28 bits per heavy atom. The summed E-state index contributed by atoms with van der Waals surface area (Å²) in [7, 11) is 0. The van der Waals surface area contributed by atoms with Crippen LogP contribution in [0, 0.1) is 6.92 Å². The molecule has 0 aliphatic rings. The van der Waals surface area contributed by atoms with Crippen molar-refractivity contribution in [1.29, 1.82) is 0 Å². The lowest BCUT2D eigenvalue weighted by molar-refractivity contribution is -0.145. The number of anilines is 2. The number of nitrogens with zero attached hydrogens (tertiary/aromatic N) is 3. The van der Waals surface area contributed by atoms with Gasteiger partial charge in [-0.3, -0.25) is 19.3 Å². The Kier molecular flexibility index (Phi) is 6.83. The van der Waals surface area contributed by atoms with Gasteiger partial charge in [0.1, 0.15) is 6.61 Å². The molecule has 1 amide bonds. The molecule has 0 bridgehead atoms. The van der Waals surface area contributed by atoms with Gasteiger partial charge in [0.15, 0.2) is 5.13 Å². The quantitative estimate of drug-likeness (QED) is 0.504. The molecule has 0 spiro atoms. The molecule has 3 rings (SSSR count). The van der Waals surface area contributed by atoms with E-state index < -0.39 is 5.97 Å². The second-order valence-electron chi connectivity index (χ2n) is 6.16. The molecule has 0 fully saturated rings. The zero-order valence-electron chi connectivity index (χ0n) is 15.8. The van der Waals surface area contributed by atoms with Crippen LogP contribution in [0.2, 0.25) is 5.02 Å². The number of rotatable bonds is 7. The first-order valence-corrected chi connectivity index (χ1v) is 10.8. The van der Waals surface area contributed by atoms with Crippen LogP contribution in [0.3, 0.4) is 0 Å². The summed E-state index contributed by atoms with van der Waals surface area (Å²) in [5.41, 5.74) is 1.97. The number of aryl methyl sites for hydroxylation is 1. The molecular formula is C19H18ClN3O4S2. The Bertz CT molecular complexity index is 1090. The number of thiazole rings is 2. The number of carbonyl (C=O) groups is 2. The molecule has 0 atom stereocenters. The van der Waals surface area contributed by atoms with E-state index in [1.807, 2.05) is 6.92 Å². The number of esters is 1. The second-order valence-corrected chi connectivity index (χ2v) is 8.25. The molecule has 2 heterocycles. The summed E-state index contributed by atoms with van der Waals surface area (Å²) in [4.78, 5) is 41.6. The van der Waals surface area contributed by atoms with Crippen LogP contribution in [0.4, 0.5) is 10.8 Å². The van der Waals surface area contributed by atoms with Crippen LogP contribution >= 0.6 is 34.3 Å². The number of carbonyl (C=O) groups excluding carboxylic acids is 2. The highest BCUT2D eigenvalue weighted by Crippen LogP contribution is 2.30. The van der Waals surface area contributed by atoms with Crippen LogP contribution in [0.5, 0.6) is 0 Å². The van der Waals surface area contributed by atoms with Gasteiger partial charge in [0.2, 0.25) is 5.91 Å². The Hall–Kier alpha value is -2.49. The van der Waals surface area contributed by atoms with Gasteiger partial charge < -0.3 is 9.30 Å². The molecule has 152 valence electrons. The molecular weight excluding hydrogens is 434 g/mol. The van der Waals surface area contributed by atoms with E-state index in [-0.39, 0.29) is 30.4 Å². The Morgan fingerprint density at radius 2 is 2.07 bits per heavy atom. The minimum atomic E-state index is -0.421. The van der Waals surface area contributed by atoms with E-state index in [9.17, 15) is 14.4 Å². The predicted octanol–water partition coefficient (Wildman–Crippen LogP) is 4.15. The third-order valence-corrected chi connectivity index (χ3v) is 6.00. The summed E-state index contributed by atoms with van der Waals surface area (Å²) in [6.07, 6.45) is 0.0938. The first-order valence-electron chi connectivity index (χ1n) is 8.66. The van der Waals surface area contributed by atoms with Crippen molar-refractivity contribution in [3.63, 3.8) is 0 Å². The van der Waals surface area contributed by atoms with Gasteiger partial charge in [-0.2, -0.15) is 0 Å². The van der Waals surface area contributed by atoms with Crippen molar-refractivity contribution in [1.82, 2.24) is 9.55 Å². The zero-order valence-corrected chi connectivity index (χ0v) is 18.1. The normalized spacial score (nSPS) is 10.7. The molecule has 0 radical (unpaired) electrons. The number of aromatic nitrogens is 2. The number of hydrogen-bond donors (Lipinski definition) is 0. The van der Waals surface area contributed by atoms with Crippen molar-refractivity contribution in [2.45, 2.75) is 33.4 Å². The molecule has 10 heteroatoms. The van der Waals surface area contributed by atoms with Gasteiger partial charge in [0.05, 0.1) is 17.8 Å². The van der Waals surface area contributed by atoms with Gasteiger partial charge in [-0.05, 0) is 25.1 Å². The SMILES string of the molecule is CC(=O)N(c1cccc(Cl)c1)c1nc(COC(=O)CCn2c(C)csc2=O)cs1. The van der Waals surface area contributed by atoms with E-state index >= 15 is 0 Å². The molecule has 0 unspecified atom stereocenters. The predicted molar refractivity (Wildman–Crippen MR) is 114 cm³/mol. The molecule has 0 saturated heterocycles. The van der Waals surface area contributed by atoms with Crippen molar-refractivity contribution < 1.29 is 14.3 Å². The standard InChI is InChI=1S/C19H18ClN3O4S2/c1-12-10-29-19(26)22(12)7-6-17(25)27-9-15-11-28-18(21-15)23(13(2)24)16-5-3-4-14(20)8-16/h3-5,8,10-11H,6-7,9H2,1-2H3. The van der Waals surface area contributed by atoms with E-state index in [1.165, 1.54) is 23.2 Å². The van der Waals surface area contributed by atoms with Crippen molar-refractivity contribution in [2.75, 3.05) is 4.90 Å². The van der Waals surface area contributed by atoms with E-state index in [0.717, 1.165) is 17.0 Å². The lowest BCUT2D eigenvalue weighted by Crippen LogP contribution is -2.22. The molecule has 1 aromatic carbocycles. The fourth-order valence-electron chi connectivity index (χ4n) is 2.61. The van der Waals surface area contributed by atoms with E-state index in [1.54, 1.807) is 39.6 Å². The largest absolute Gasteiger partial charge is 0.459 e. The van der Waals surface area contributed by atoms with Crippen LogP contribution in [0.25, 0.3) is 0 Å². The minimum Gasteiger partial charge on any atom is -0.459 e. The van der Waals surface area contributed by atoms with Crippen molar-refractivity contribution in [2.24, 2.45) is 0 Å². The Balaban J connectivity index is 1.61. The smallest absolute Gasteiger partial charge is 0.307 e. The van der Waals surface area contributed by atoms with Gasteiger partial charge in [0.25, 0.3) is 0 Å². The summed E-state index contributed by atoms with van der Waals surface area (Å²) >= 11 is 8.40. The fraction of sp³-hybridized carbons (Fsp3) is 0.263. The lowest BCUT2D eigenvalue weighted by atomic mass is 10.3. The summed E-state index contributed by atoms with van der Waals surface area (Å²) < 4.78 is 6.80. The number of hydrogen-bond acceptors (Lipinski definition) is 7. The minimum absolute atomic E-state index is 0.00581. The fourth-order valence-corrected chi connectivity index (χ4v) is 4.43. The highest BCUT2D eigenvalue weighted by atomic mass is 35.5. The summed E-state index contributed by atoms with van der Waals surface area (Å²) in [6.45, 7) is 3.54.